The fraction of sp³-hybridized carbons (Fsp3) is 0.636. The number of piperidine rings is 1. The first-order chi connectivity index (χ1) is 13.9. The van der Waals surface area contributed by atoms with Gasteiger partial charge in [0, 0.05) is 31.0 Å². The van der Waals surface area contributed by atoms with Gasteiger partial charge in [0.1, 0.15) is 6.10 Å². The highest BCUT2D eigenvalue weighted by molar-refractivity contribution is 6.02. The Labute approximate surface area is 173 Å². The van der Waals surface area contributed by atoms with Crippen LogP contribution in [0.15, 0.2) is 18.2 Å². The number of likely N-dealkylation sites (N-methyl/N-ethyl adjacent to an activating group) is 1. The average molecular weight is 403 g/mol. The Bertz CT molecular complexity index is 731. The second-order valence-corrected chi connectivity index (χ2v) is 8.44. The number of benzene rings is 1. The van der Waals surface area contributed by atoms with Gasteiger partial charge in [-0.3, -0.25) is 9.59 Å². The minimum Gasteiger partial charge on any atom is -0.486 e. The quantitative estimate of drug-likeness (QED) is 0.703. The van der Waals surface area contributed by atoms with Crippen LogP contribution in [0.5, 0.6) is 5.75 Å². The Kier molecular flexibility index (Phi) is 7.14. The molecule has 3 N–H and O–H groups in total. The SMILES string of the molecule is CNCC1Oc2c(NC(=O)C3CCNCC3)cccc2C(=O)N(C(C)C)CC1C. The third kappa shape index (κ3) is 4.90. The van der Waals surface area contributed by atoms with E-state index < -0.39 is 0 Å². The number of hydrogen-bond donors (Lipinski definition) is 3. The van der Waals surface area contributed by atoms with Crippen LogP contribution in [-0.4, -0.2) is 62.1 Å². The lowest BCUT2D eigenvalue weighted by atomic mass is 9.96. The van der Waals surface area contributed by atoms with Crippen molar-refractivity contribution in [2.45, 2.75) is 45.8 Å². The van der Waals surface area contributed by atoms with Crippen molar-refractivity contribution in [2.75, 3.05) is 38.5 Å². The standard InChI is InChI=1S/C22H34N4O3/c1-14(2)26-13-15(3)19(12-23-4)29-20-17(22(26)28)6-5-7-18(20)25-21(27)16-8-10-24-11-9-16/h5-7,14-16,19,23-24H,8-13H2,1-4H3,(H,25,27). The van der Waals surface area contributed by atoms with E-state index in [9.17, 15) is 9.59 Å². The molecule has 7 heteroatoms. The summed E-state index contributed by atoms with van der Waals surface area (Å²) in [6.07, 6.45) is 1.53. The fourth-order valence-corrected chi connectivity index (χ4v) is 4.07. The Morgan fingerprint density at radius 2 is 2.03 bits per heavy atom. The van der Waals surface area contributed by atoms with E-state index in [1.807, 2.05) is 37.9 Å². The molecule has 3 rings (SSSR count). The van der Waals surface area contributed by atoms with Crippen molar-refractivity contribution in [2.24, 2.45) is 11.8 Å². The van der Waals surface area contributed by atoms with Gasteiger partial charge in [0.25, 0.3) is 5.91 Å². The van der Waals surface area contributed by atoms with Crippen LogP contribution in [0.1, 0.15) is 44.0 Å². The number of ether oxygens (including phenoxy) is 1. The van der Waals surface area contributed by atoms with E-state index in [1.54, 1.807) is 6.07 Å². The van der Waals surface area contributed by atoms with E-state index in [0.29, 0.717) is 30.1 Å². The van der Waals surface area contributed by atoms with E-state index in [2.05, 4.69) is 22.9 Å². The van der Waals surface area contributed by atoms with Crippen LogP contribution in [-0.2, 0) is 4.79 Å². The average Bonchev–Trinajstić information content (AvgIpc) is 2.71. The van der Waals surface area contributed by atoms with E-state index in [1.165, 1.54) is 0 Å². The number of amides is 2. The van der Waals surface area contributed by atoms with Crippen molar-refractivity contribution in [3.05, 3.63) is 23.8 Å². The highest BCUT2D eigenvalue weighted by Gasteiger charge is 2.33. The smallest absolute Gasteiger partial charge is 0.257 e. The van der Waals surface area contributed by atoms with Crippen molar-refractivity contribution >= 4 is 17.5 Å². The zero-order valence-corrected chi connectivity index (χ0v) is 18.0. The van der Waals surface area contributed by atoms with Gasteiger partial charge in [-0.1, -0.05) is 13.0 Å². The van der Waals surface area contributed by atoms with Crippen molar-refractivity contribution in [1.82, 2.24) is 15.5 Å². The Morgan fingerprint density at radius 1 is 1.31 bits per heavy atom. The van der Waals surface area contributed by atoms with E-state index in [4.69, 9.17) is 4.74 Å². The highest BCUT2D eigenvalue weighted by atomic mass is 16.5. The molecule has 7 nitrogen and oxygen atoms in total. The second kappa shape index (κ2) is 9.59. The molecule has 2 aliphatic rings. The molecule has 1 fully saturated rings. The van der Waals surface area contributed by atoms with Gasteiger partial charge in [-0.15, -0.1) is 0 Å². The third-order valence-corrected chi connectivity index (χ3v) is 5.89. The molecule has 0 saturated carbocycles. The lowest BCUT2D eigenvalue weighted by molar-refractivity contribution is -0.120. The van der Waals surface area contributed by atoms with E-state index >= 15 is 0 Å². The molecule has 160 valence electrons. The lowest BCUT2D eigenvalue weighted by Crippen LogP contribution is -2.48. The zero-order chi connectivity index (χ0) is 21.0. The molecule has 0 radical (unpaired) electrons. The molecule has 0 aromatic heterocycles. The third-order valence-electron chi connectivity index (χ3n) is 5.89. The van der Waals surface area contributed by atoms with Gasteiger partial charge in [-0.2, -0.15) is 0 Å². The summed E-state index contributed by atoms with van der Waals surface area (Å²) in [6.45, 7) is 9.17. The molecule has 2 aliphatic heterocycles. The normalized spacial score (nSPS) is 23.2. The van der Waals surface area contributed by atoms with E-state index in [0.717, 1.165) is 25.9 Å². The summed E-state index contributed by atoms with van der Waals surface area (Å²) in [5.41, 5.74) is 1.09. The predicted octanol–water partition coefficient (Wildman–Crippen LogP) is 2.09. The summed E-state index contributed by atoms with van der Waals surface area (Å²) >= 11 is 0. The van der Waals surface area contributed by atoms with Crippen molar-refractivity contribution in [3.8, 4) is 5.75 Å². The van der Waals surface area contributed by atoms with Gasteiger partial charge in [0.05, 0.1) is 11.3 Å². The topological polar surface area (TPSA) is 82.7 Å². The minimum atomic E-state index is -0.106. The second-order valence-electron chi connectivity index (χ2n) is 8.44. The summed E-state index contributed by atoms with van der Waals surface area (Å²) in [5, 5.41) is 9.52. The number of nitrogens with zero attached hydrogens (tertiary/aromatic N) is 1. The molecule has 0 bridgehead atoms. The van der Waals surface area contributed by atoms with Gasteiger partial charge >= 0.3 is 0 Å². The van der Waals surface area contributed by atoms with Crippen molar-refractivity contribution < 1.29 is 14.3 Å². The largest absolute Gasteiger partial charge is 0.486 e. The Hall–Kier alpha value is -2.12. The summed E-state index contributed by atoms with van der Waals surface area (Å²) in [6, 6.07) is 5.51. The zero-order valence-electron chi connectivity index (χ0n) is 18.0. The molecule has 2 heterocycles. The summed E-state index contributed by atoms with van der Waals surface area (Å²) in [7, 11) is 1.89. The number of anilines is 1. The maximum Gasteiger partial charge on any atom is 0.257 e. The number of hydrogen-bond acceptors (Lipinski definition) is 5. The molecular weight excluding hydrogens is 368 g/mol. The molecule has 2 atom stereocenters. The fourth-order valence-electron chi connectivity index (χ4n) is 4.07. The molecule has 1 aromatic rings. The number of carbonyl (C=O) groups is 2. The van der Waals surface area contributed by atoms with Gasteiger partial charge in [0.2, 0.25) is 5.91 Å². The molecule has 0 aliphatic carbocycles. The van der Waals surface area contributed by atoms with Crippen molar-refractivity contribution in [1.29, 1.82) is 0 Å². The predicted molar refractivity (Wildman–Crippen MR) is 114 cm³/mol. The van der Waals surface area contributed by atoms with Gasteiger partial charge in [-0.25, -0.2) is 0 Å². The first-order valence-electron chi connectivity index (χ1n) is 10.7. The van der Waals surface area contributed by atoms with Crippen LogP contribution >= 0.6 is 0 Å². The van der Waals surface area contributed by atoms with Gasteiger partial charge < -0.3 is 25.6 Å². The van der Waals surface area contributed by atoms with Crippen LogP contribution in [0.4, 0.5) is 5.69 Å². The monoisotopic (exact) mass is 402 g/mol. The number of fused-ring (bicyclic) bond motifs is 1. The van der Waals surface area contributed by atoms with E-state index in [-0.39, 0.29) is 35.8 Å². The van der Waals surface area contributed by atoms with Crippen LogP contribution in [0.2, 0.25) is 0 Å². The first kappa shape index (κ1) is 21.6. The van der Waals surface area contributed by atoms with Crippen LogP contribution in [0, 0.1) is 11.8 Å². The van der Waals surface area contributed by atoms with Gasteiger partial charge in [0.15, 0.2) is 5.75 Å². The lowest BCUT2D eigenvalue weighted by Gasteiger charge is -2.37. The molecule has 2 unspecified atom stereocenters. The maximum absolute atomic E-state index is 13.3. The number of nitrogens with one attached hydrogen (secondary N) is 3. The molecular formula is C22H34N4O3. The van der Waals surface area contributed by atoms with Crippen molar-refractivity contribution in [3.63, 3.8) is 0 Å². The molecule has 1 saturated heterocycles. The number of para-hydroxylation sites is 1. The van der Waals surface area contributed by atoms with Crippen LogP contribution < -0.4 is 20.7 Å². The molecule has 2 amide bonds. The minimum absolute atomic E-state index is 0.00283. The highest BCUT2D eigenvalue weighted by Crippen LogP contribution is 2.35. The Balaban J connectivity index is 1.95. The van der Waals surface area contributed by atoms with Crippen LogP contribution in [0.25, 0.3) is 0 Å². The molecule has 1 aromatic carbocycles. The number of rotatable bonds is 5. The number of carbonyl (C=O) groups excluding carboxylic acids is 2. The maximum atomic E-state index is 13.3. The first-order valence-corrected chi connectivity index (χ1v) is 10.7. The summed E-state index contributed by atoms with van der Waals surface area (Å²) in [5.74, 6) is 0.558. The van der Waals surface area contributed by atoms with Gasteiger partial charge in [-0.05, 0) is 59.0 Å². The summed E-state index contributed by atoms with van der Waals surface area (Å²) in [4.78, 5) is 28.0. The molecule has 29 heavy (non-hydrogen) atoms. The Morgan fingerprint density at radius 3 is 2.69 bits per heavy atom. The summed E-state index contributed by atoms with van der Waals surface area (Å²) < 4.78 is 6.37. The molecule has 0 spiro atoms. The van der Waals surface area contributed by atoms with Crippen LogP contribution in [0.3, 0.4) is 0 Å².